The molecule has 2 rings (SSSR count). The van der Waals surface area contributed by atoms with E-state index < -0.39 is 6.03 Å². The number of anilines is 2. The number of nitrogens with one attached hydrogen (secondary N) is 1. The molecule has 0 fully saturated rings. The number of aliphatic hydroxyl groups excluding tert-OH is 1. The number of aliphatic hydroxyl groups is 1. The van der Waals surface area contributed by atoms with Gasteiger partial charge in [0.15, 0.2) is 0 Å². The third-order valence-electron chi connectivity index (χ3n) is 2.25. The summed E-state index contributed by atoms with van der Waals surface area (Å²) in [6.07, 6.45) is 0. The van der Waals surface area contributed by atoms with Crippen molar-refractivity contribution in [3.05, 3.63) is 60.7 Å². The summed E-state index contributed by atoms with van der Waals surface area (Å²) in [5.41, 5.74) is 9.45. The average Bonchev–Trinajstić information content (AvgIpc) is 2.47. The maximum absolute atomic E-state index is 11.0. The zero-order valence-corrected chi connectivity index (χ0v) is 11.4. The monoisotopic (exact) mass is 273 g/mol. The van der Waals surface area contributed by atoms with E-state index in [2.05, 4.69) is 5.43 Å². The van der Waals surface area contributed by atoms with Crippen LogP contribution in [0, 0.1) is 0 Å². The summed E-state index contributed by atoms with van der Waals surface area (Å²) >= 11 is 0. The van der Waals surface area contributed by atoms with Crippen LogP contribution in [0.15, 0.2) is 60.7 Å². The number of nitrogens with two attached hydrogens (primary N) is 1. The van der Waals surface area contributed by atoms with Crippen LogP contribution in [0.2, 0.25) is 0 Å². The Morgan fingerprint density at radius 2 is 1.40 bits per heavy atom. The van der Waals surface area contributed by atoms with Crippen LogP contribution < -0.4 is 16.2 Å². The van der Waals surface area contributed by atoms with Crippen molar-refractivity contribution in [2.75, 3.05) is 11.6 Å². The molecule has 2 aromatic rings. The van der Waals surface area contributed by atoms with E-state index in [0.29, 0.717) is 0 Å². The zero-order chi connectivity index (χ0) is 14.8. The van der Waals surface area contributed by atoms with Crippen molar-refractivity contribution < 1.29 is 9.90 Å². The maximum Gasteiger partial charge on any atom is 0.331 e. The second-order valence-electron chi connectivity index (χ2n) is 3.80. The largest absolute Gasteiger partial charge is 0.397 e. The van der Waals surface area contributed by atoms with E-state index in [-0.39, 0.29) is 6.61 Å². The van der Waals surface area contributed by atoms with Gasteiger partial charge in [0.1, 0.15) is 0 Å². The minimum atomic E-state index is -0.599. The normalized spacial score (nSPS) is 9.10. The number of nitrogens with zero attached hydrogens (tertiary/aromatic N) is 1. The third kappa shape index (κ3) is 4.99. The van der Waals surface area contributed by atoms with Gasteiger partial charge in [-0.3, -0.25) is 5.01 Å². The predicted molar refractivity (Wildman–Crippen MR) is 80.5 cm³/mol. The van der Waals surface area contributed by atoms with Crippen LogP contribution in [0.25, 0.3) is 0 Å². The lowest BCUT2D eigenvalue weighted by Gasteiger charge is -2.24. The van der Waals surface area contributed by atoms with E-state index >= 15 is 0 Å². The molecule has 5 heteroatoms. The number of carbonyl (C=O) groups is 1. The summed E-state index contributed by atoms with van der Waals surface area (Å²) in [7, 11) is 0. The highest BCUT2D eigenvalue weighted by Crippen LogP contribution is 2.22. The summed E-state index contributed by atoms with van der Waals surface area (Å²) in [5.74, 6) is 0. The number of hydrogen-bond acceptors (Lipinski definition) is 3. The zero-order valence-electron chi connectivity index (χ0n) is 11.4. The molecule has 0 spiro atoms. The number of hydrazine groups is 1. The minimum Gasteiger partial charge on any atom is -0.397 e. The molecule has 0 heterocycles. The summed E-state index contributed by atoms with van der Waals surface area (Å²) in [5, 5.41) is 9.21. The first kappa shape index (κ1) is 15.5. The molecular formula is C15H19N3O2. The molecular weight excluding hydrogens is 254 g/mol. The SMILES string of the molecule is CCO.NC(=O)NN(c1ccccc1)c1ccccc1. The molecule has 0 aromatic heterocycles. The molecule has 20 heavy (non-hydrogen) atoms. The van der Waals surface area contributed by atoms with Crippen LogP contribution in [0.1, 0.15) is 6.92 Å². The number of urea groups is 1. The van der Waals surface area contributed by atoms with Crippen molar-refractivity contribution in [2.45, 2.75) is 6.92 Å². The fourth-order valence-electron chi connectivity index (χ4n) is 1.54. The smallest absolute Gasteiger partial charge is 0.331 e. The van der Waals surface area contributed by atoms with Gasteiger partial charge in [-0.25, -0.2) is 10.2 Å². The van der Waals surface area contributed by atoms with E-state index in [1.54, 1.807) is 11.9 Å². The van der Waals surface area contributed by atoms with Gasteiger partial charge in [0, 0.05) is 6.61 Å². The van der Waals surface area contributed by atoms with Crippen LogP contribution >= 0.6 is 0 Å². The van der Waals surface area contributed by atoms with E-state index in [0.717, 1.165) is 11.4 Å². The van der Waals surface area contributed by atoms with Gasteiger partial charge in [-0.2, -0.15) is 0 Å². The first-order valence-corrected chi connectivity index (χ1v) is 6.26. The van der Waals surface area contributed by atoms with Crippen LogP contribution in [0.4, 0.5) is 16.2 Å². The van der Waals surface area contributed by atoms with Crippen molar-refractivity contribution in [2.24, 2.45) is 5.73 Å². The molecule has 0 radical (unpaired) electrons. The second kappa shape index (κ2) is 8.55. The molecule has 0 saturated heterocycles. The van der Waals surface area contributed by atoms with E-state index in [9.17, 15) is 4.79 Å². The molecule has 2 aromatic carbocycles. The first-order valence-electron chi connectivity index (χ1n) is 6.26. The number of amides is 2. The quantitative estimate of drug-likeness (QED) is 0.751. The molecule has 0 aliphatic carbocycles. The van der Waals surface area contributed by atoms with E-state index in [1.807, 2.05) is 60.7 Å². The Labute approximate surface area is 118 Å². The van der Waals surface area contributed by atoms with Crippen molar-refractivity contribution in [3.63, 3.8) is 0 Å². The standard InChI is InChI=1S/C13H13N3O.C2H6O/c14-13(17)15-16(11-7-3-1-4-8-11)12-9-5-2-6-10-12;1-2-3/h1-10H,(H3,14,15,17);3H,2H2,1H3. The molecule has 2 amide bonds. The number of hydrogen-bond donors (Lipinski definition) is 3. The van der Waals surface area contributed by atoms with Gasteiger partial charge in [-0.05, 0) is 31.2 Å². The summed E-state index contributed by atoms with van der Waals surface area (Å²) in [6, 6.07) is 18.4. The van der Waals surface area contributed by atoms with Gasteiger partial charge in [0.25, 0.3) is 0 Å². The Balaban J connectivity index is 0.000000612. The summed E-state index contributed by atoms with van der Waals surface area (Å²) in [4.78, 5) is 11.0. The highest BCUT2D eigenvalue weighted by molar-refractivity contribution is 5.77. The number of para-hydroxylation sites is 2. The topological polar surface area (TPSA) is 78.6 Å². The fraction of sp³-hybridized carbons (Fsp3) is 0.133. The Kier molecular flexibility index (Phi) is 6.64. The fourth-order valence-corrected chi connectivity index (χ4v) is 1.54. The first-order chi connectivity index (χ1) is 9.69. The molecule has 4 N–H and O–H groups in total. The molecule has 0 aliphatic heterocycles. The number of benzene rings is 2. The van der Waals surface area contributed by atoms with Crippen LogP contribution in [0.3, 0.4) is 0 Å². The average molecular weight is 273 g/mol. The molecule has 106 valence electrons. The van der Waals surface area contributed by atoms with Gasteiger partial charge in [0.05, 0.1) is 11.4 Å². The highest BCUT2D eigenvalue weighted by Gasteiger charge is 2.09. The van der Waals surface area contributed by atoms with Crippen molar-refractivity contribution in [1.82, 2.24) is 5.43 Å². The molecule has 0 saturated carbocycles. The van der Waals surface area contributed by atoms with Crippen molar-refractivity contribution >= 4 is 17.4 Å². The Morgan fingerprint density at radius 3 is 1.70 bits per heavy atom. The molecule has 0 unspecified atom stereocenters. The summed E-state index contributed by atoms with van der Waals surface area (Å²) < 4.78 is 0. The molecule has 0 atom stereocenters. The number of primary amides is 1. The van der Waals surface area contributed by atoms with E-state index in [1.165, 1.54) is 0 Å². The molecule has 0 bridgehead atoms. The van der Waals surface area contributed by atoms with Gasteiger partial charge in [0.2, 0.25) is 0 Å². The number of carbonyl (C=O) groups excluding carboxylic acids is 1. The Hall–Kier alpha value is -2.53. The predicted octanol–water partition coefficient (Wildman–Crippen LogP) is 2.41. The van der Waals surface area contributed by atoms with Crippen molar-refractivity contribution in [3.8, 4) is 0 Å². The van der Waals surface area contributed by atoms with Crippen LogP contribution in [0.5, 0.6) is 0 Å². The van der Waals surface area contributed by atoms with Crippen molar-refractivity contribution in [1.29, 1.82) is 0 Å². The second-order valence-corrected chi connectivity index (χ2v) is 3.80. The minimum absolute atomic E-state index is 0.250. The maximum atomic E-state index is 11.0. The van der Waals surface area contributed by atoms with Crippen LogP contribution in [-0.2, 0) is 0 Å². The summed E-state index contributed by atoms with van der Waals surface area (Å²) in [6.45, 7) is 1.93. The lowest BCUT2D eigenvalue weighted by Crippen LogP contribution is -2.42. The van der Waals surface area contributed by atoms with Gasteiger partial charge >= 0.3 is 6.03 Å². The highest BCUT2D eigenvalue weighted by atomic mass is 16.2. The Morgan fingerprint density at radius 1 is 1.05 bits per heavy atom. The Bertz CT molecular complexity index is 464. The molecule has 0 aliphatic rings. The van der Waals surface area contributed by atoms with Gasteiger partial charge < -0.3 is 10.8 Å². The lowest BCUT2D eigenvalue weighted by atomic mass is 10.2. The van der Waals surface area contributed by atoms with Gasteiger partial charge in [-0.15, -0.1) is 0 Å². The molecule has 5 nitrogen and oxygen atoms in total. The van der Waals surface area contributed by atoms with E-state index in [4.69, 9.17) is 10.8 Å². The third-order valence-corrected chi connectivity index (χ3v) is 2.25. The number of rotatable bonds is 3. The van der Waals surface area contributed by atoms with Gasteiger partial charge in [-0.1, -0.05) is 36.4 Å². The van der Waals surface area contributed by atoms with Crippen LogP contribution in [-0.4, -0.2) is 17.7 Å². The lowest BCUT2D eigenvalue weighted by molar-refractivity contribution is 0.249.